The van der Waals surface area contributed by atoms with Gasteiger partial charge in [-0.2, -0.15) is 0 Å². The van der Waals surface area contributed by atoms with Crippen molar-refractivity contribution in [1.29, 1.82) is 0 Å². The summed E-state index contributed by atoms with van der Waals surface area (Å²) in [6, 6.07) is 0. The Morgan fingerprint density at radius 3 is 2.44 bits per heavy atom. The van der Waals surface area contributed by atoms with Crippen LogP contribution in [-0.4, -0.2) is 22.0 Å². The molecule has 18 heavy (non-hydrogen) atoms. The predicted molar refractivity (Wildman–Crippen MR) is 74.8 cm³/mol. The molecule has 0 spiro atoms. The summed E-state index contributed by atoms with van der Waals surface area (Å²) in [5.74, 6) is 0.832. The van der Waals surface area contributed by atoms with Gasteiger partial charge in [0.2, 0.25) is 0 Å². The van der Waals surface area contributed by atoms with Crippen LogP contribution in [-0.2, 0) is 6.54 Å². The minimum absolute atomic E-state index is 0.404. The van der Waals surface area contributed by atoms with Crippen molar-refractivity contribution in [3.8, 4) is 0 Å². The highest BCUT2D eigenvalue weighted by molar-refractivity contribution is 5.81. The molecule has 0 atom stereocenters. The normalized spacial score (nSPS) is 11.9. The summed E-state index contributed by atoms with van der Waals surface area (Å²) in [6.45, 7) is 9.42. The molecule has 4 nitrogen and oxygen atoms in total. The van der Waals surface area contributed by atoms with Crippen molar-refractivity contribution in [3.63, 3.8) is 0 Å². The summed E-state index contributed by atoms with van der Waals surface area (Å²) in [5.41, 5.74) is 5.39. The van der Waals surface area contributed by atoms with Crippen LogP contribution in [0.25, 0.3) is 11.0 Å². The van der Waals surface area contributed by atoms with Crippen LogP contribution in [0.15, 0.2) is 6.20 Å². The van der Waals surface area contributed by atoms with E-state index >= 15 is 0 Å². The number of fused-ring (bicyclic) bond motifs is 1. The van der Waals surface area contributed by atoms with Crippen LogP contribution >= 0.6 is 0 Å². The number of rotatable bonds is 4. The van der Waals surface area contributed by atoms with E-state index in [1.165, 1.54) is 5.69 Å². The first kappa shape index (κ1) is 13.0. The van der Waals surface area contributed by atoms with Gasteiger partial charge in [-0.1, -0.05) is 27.7 Å². The van der Waals surface area contributed by atoms with Gasteiger partial charge in [0.05, 0.1) is 11.4 Å². The summed E-state index contributed by atoms with van der Waals surface area (Å²) < 4.78 is 0. The summed E-state index contributed by atoms with van der Waals surface area (Å²) in [5, 5.41) is 3.18. The van der Waals surface area contributed by atoms with E-state index in [1.54, 1.807) is 0 Å². The van der Waals surface area contributed by atoms with E-state index in [0.29, 0.717) is 11.8 Å². The maximum atomic E-state index is 4.76. The SMILES string of the molecule is CNCc1[nH]c(C(C)C)c2ncc(C(C)C)nc12. The average molecular weight is 246 g/mol. The lowest BCUT2D eigenvalue weighted by Gasteiger charge is -2.05. The largest absolute Gasteiger partial charge is 0.357 e. The lowest BCUT2D eigenvalue weighted by molar-refractivity contribution is 0.775. The minimum atomic E-state index is 0.404. The number of hydrogen-bond acceptors (Lipinski definition) is 3. The van der Waals surface area contributed by atoms with Crippen LogP contribution in [0, 0.1) is 0 Å². The van der Waals surface area contributed by atoms with E-state index < -0.39 is 0 Å². The van der Waals surface area contributed by atoms with E-state index in [1.807, 2.05) is 13.2 Å². The third-order valence-electron chi connectivity index (χ3n) is 3.14. The molecular formula is C14H22N4. The number of aromatic nitrogens is 3. The zero-order valence-corrected chi connectivity index (χ0v) is 11.8. The lowest BCUT2D eigenvalue weighted by atomic mass is 10.1. The summed E-state index contributed by atoms with van der Waals surface area (Å²) in [7, 11) is 1.95. The molecule has 0 bridgehead atoms. The zero-order valence-electron chi connectivity index (χ0n) is 11.8. The Morgan fingerprint density at radius 2 is 1.89 bits per heavy atom. The quantitative estimate of drug-likeness (QED) is 0.872. The highest BCUT2D eigenvalue weighted by atomic mass is 14.9. The van der Waals surface area contributed by atoms with Gasteiger partial charge >= 0.3 is 0 Å². The molecule has 98 valence electrons. The highest BCUT2D eigenvalue weighted by Gasteiger charge is 2.16. The van der Waals surface area contributed by atoms with Gasteiger partial charge in [-0.05, 0) is 18.9 Å². The van der Waals surface area contributed by atoms with Gasteiger partial charge in [0, 0.05) is 18.4 Å². The van der Waals surface area contributed by atoms with Crippen molar-refractivity contribution in [2.75, 3.05) is 7.05 Å². The Balaban J connectivity index is 2.63. The number of hydrogen-bond donors (Lipinski definition) is 2. The van der Waals surface area contributed by atoms with Crippen molar-refractivity contribution in [3.05, 3.63) is 23.3 Å². The maximum absolute atomic E-state index is 4.76. The maximum Gasteiger partial charge on any atom is 0.111 e. The molecule has 2 heterocycles. The minimum Gasteiger partial charge on any atom is -0.357 e. The fraction of sp³-hybridized carbons (Fsp3) is 0.571. The van der Waals surface area contributed by atoms with Crippen molar-refractivity contribution >= 4 is 11.0 Å². The number of aromatic amines is 1. The third kappa shape index (κ3) is 2.25. The molecule has 0 aliphatic heterocycles. The van der Waals surface area contributed by atoms with Crippen LogP contribution in [0.5, 0.6) is 0 Å². The molecule has 4 heteroatoms. The Morgan fingerprint density at radius 1 is 1.17 bits per heavy atom. The third-order valence-corrected chi connectivity index (χ3v) is 3.14. The summed E-state index contributed by atoms with van der Waals surface area (Å²) in [4.78, 5) is 12.8. The first-order valence-corrected chi connectivity index (χ1v) is 6.56. The fourth-order valence-corrected chi connectivity index (χ4v) is 2.09. The van der Waals surface area contributed by atoms with Crippen LogP contribution in [0.1, 0.15) is 56.6 Å². The van der Waals surface area contributed by atoms with E-state index in [2.05, 4.69) is 43.0 Å². The highest BCUT2D eigenvalue weighted by Crippen LogP contribution is 2.26. The van der Waals surface area contributed by atoms with E-state index in [9.17, 15) is 0 Å². The molecule has 2 N–H and O–H groups in total. The Labute approximate surface area is 108 Å². The van der Waals surface area contributed by atoms with E-state index in [0.717, 1.165) is 29.0 Å². The van der Waals surface area contributed by atoms with Crippen LogP contribution in [0.4, 0.5) is 0 Å². The van der Waals surface area contributed by atoms with Gasteiger partial charge in [-0.3, -0.25) is 4.98 Å². The molecule has 2 aromatic heterocycles. The molecule has 0 fully saturated rings. The zero-order chi connectivity index (χ0) is 13.3. The second-order valence-corrected chi connectivity index (χ2v) is 5.35. The standard InChI is InChI=1S/C14H22N4/c1-8(2)10-7-16-14-12(9(3)4)18-11(6-15-5)13(14)17-10/h7-9,15,18H,6H2,1-5H3. The second kappa shape index (κ2) is 5.06. The molecule has 0 unspecified atom stereocenters. The Bertz CT molecular complexity index is 540. The van der Waals surface area contributed by atoms with Gasteiger partial charge in [-0.25, -0.2) is 4.98 Å². The summed E-state index contributed by atoms with van der Waals surface area (Å²) >= 11 is 0. The average Bonchev–Trinajstić information content (AvgIpc) is 2.68. The van der Waals surface area contributed by atoms with Crippen LogP contribution < -0.4 is 5.32 Å². The van der Waals surface area contributed by atoms with Crippen molar-refractivity contribution in [2.45, 2.75) is 46.1 Å². The van der Waals surface area contributed by atoms with Gasteiger partial charge in [0.15, 0.2) is 0 Å². The molecule has 0 amide bonds. The molecule has 2 aromatic rings. The molecule has 0 saturated heterocycles. The molecule has 0 aliphatic carbocycles. The Kier molecular flexibility index (Phi) is 3.66. The molecule has 0 aromatic carbocycles. The first-order valence-electron chi connectivity index (χ1n) is 6.56. The van der Waals surface area contributed by atoms with E-state index in [4.69, 9.17) is 4.98 Å². The van der Waals surface area contributed by atoms with Gasteiger partial charge in [-0.15, -0.1) is 0 Å². The van der Waals surface area contributed by atoms with Gasteiger partial charge in [0.1, 0.15) is 11.0 Å². The summed E-state index contributed by atoms with van der Waals surface area (Å²) in [6.07, 6.45) is 1.90. The molecular weight excluding hydrogens is 224 g/mol. The van der Waals surface area contributed by atoms with Crippen molar-refractivity contribution in [2.24, 2.45) is 0 Å². The second-order valence-electron chi connectivity index (χ2n) is 5.35. The molecule has 0 radical (unpaired) electrons. The number of nitrogens with one attached hydrogen (secondary N) is 2. The van der Waals surface area contributed by atoms with Gasteiger partial charge < -0.3 is 10.3 Å². The smallest absolute Gasteiger partial charge is 0.111 e. The monoisotopic (exact) mass is 246 g/mol. The molecule has 0 saturated carbocycles. The first-order chi connectivity index (χ1) is 8.54. The predicted octanol–water partition coefficient (Wildman–Crippen LogP) is 2.92. The van der Waals surface area contributed by atoms with Crippen molar-refractivity contribution < 1.29 is 0 Å². The lowest BCUT2D eigenvalue weighted by Crippen LogP contribution is -2.06. The van der Waals surface area contributed by atoms with Crippen LogP contribution in [0.3, 0.4) is 0 Å². The van der Waals surface area contributed by atoms with Gasteiger partial charge in [0.25, 0.3) is 0 Å². The van der Waals surface area contributed by atoms with E-state index in [-0.39, 0.29) is 0 Å². The number of nitrogens with zero attached hydrogens (tertiary/aromatic N) is 2. The Hall–Kier alpha value is -1.42. The number of H-pyrrole nitrogens is 1. The van der Waals surface area contributed by atoms with Crippen molar-refractivity contribution in [1.82, 2.24) is 20.3 Å². The topological polar surface area (TPSA) is 53.6 Å². The molecule has 2 rings (SSSR count). The molecule has 0 aliphatic rings. The van der Waals surface area contributed by atoms with Crippen LogP contribution in [0.2, 0.25) is 0 Å². The fourth-order valence-electron chi connectivity index (χ4n) is 2.09.